The molecule has 6 nitrogen and oxygen atoms in total. The van der Waals surface area contributed by atoms with Crippen LogP contribution in [0.25, 0.3) is 0 Å². The molecule has 0 radical (unpaired) electrons. The molecule has 0 heterocycles. The average molecular weight is 1010 g/mol. The first-order chi connectivity index (χ1) is 36.0. The van der Waals surface area contributed by atoms with E-state index in [0.29, 0.717) is 19.3 Å². The maximum Gasteiger partial charge on any atom is 0.306 e. The number of rotatable bonds is 54. The van der Waals surface area contributed by atoms with E-state index in [4.69, 9.17) is 14.2 Å². The molecule has 0 aromatic rings. The van der Waals surface area contributed by atoms with Crippen molar-refractivity contribution >= 4 is 17.9 Å². The van der Waals surface area contributed by atoms with Crippen LogP contribution in [0.15, 0.2) is 109 Å². The highest BCUT2D eigenvalue weighted by Gasteiger charge is 2.19. The summed E-state index contributed by atoms with van der Waals surface area (Å²) < 4.78 is 16.8. The molecule has 0 N–H and O–H groups in total. The van der Waals surface area contributed by atoms with Gasteiger partial charge in [0.2, 0.25) is 0 Å². The van der Waals surface area contributed by atoms with Crippen molar-refractivity contribution in [3.8, 4) is 0 Å². The molecule has 0 saturated carbocycles. The van der Waals surface area contributed by atoms with Gasteiger partial charge in [-0.15, -0.1) is 0 Å². The molecular weight excluding hydrogens is 901 g/mol. The normalized spacial score (nSPS) is 12.9. The number of carbonyl (C=O) groups is 3. The second-order valence-electron chi connectivity index (χ2n) is 19.9. The molecule has 0 aromatic heterocycles. The van der Waals surface area contributed by atoms with Crippen molar-refractivity contribution in [2.24, 2.45) is 0 Å². The zero-order valence-electron chi connectivity index (χ0n) is 47.6. The maximum absolute atomic E-state index is 12.9. The standard InChI is InChI=1S/C67H112O6/c1-4-7-10-13-16-19-22-25-28-31-33-36-39-42-45-48-51-54-57-60-66(69)72-63-64(62-71-65(68)59-56-53-50-47-44-41-38-35-30-27-24-21-18-15-12-9-6-3)73-67(70)61-58-55-52-49-46-43-40-37-34-32-29-26-23-20-17-14-11-8-5-2/h9,12,16,18-19,21,25-30,33,36,38,41,47,50,64H,4-8,10-11,13-15,17,20,22-24,31-32,34-35,37,39-40,42-46,48-49,51-63H2,1-3H3/b12-9-,19-16-,21-18-,28-25-,29-26-,30-27-,36-33-,41-38-,50-47-. The quantitative estimate of drug-likeness (QED) is 0.0261. The van der Waals surface area contributed by atoms with E-state index >= 15 is 0 Å². The Balaban J connectivity index is 4.49. The first-order valence-electron chi connectivity index (χ1n) is 30.4. The number of hydrogen-bond acceptors (Lipinski definition) is 6. The second-order valence-corrected chi connectivity index (χ2v) is 19.9. The molecular formula is C67H112O6. The van der Waals surface area contributed by atoms with E-state index in [0.717, 1.165) is 103 Å². The number of ether oxygens (including phenoxy) is 3. The van der Waals surface area contributed by atoms with Crippen LogP contribution in [0.1, 0.15) is 278 Å². The van der Waals surface area contributed by atoms with Gasteiger partial charge in [-0.1, -0.05) is 246 Å². The Morgan fingerprint density at radius 1 is 0.288 bits per heavy atom. The van der Waals surface area contributed by atoms with Gasteiger partial charge in [-0.05, 0) is 122 Å². The van der Waals surface area contributed by atoms with Gasteiger partial charge in [-0.3, -0.25) is 14.4 Å². The van der Waals surface area contributed by atoms with E-state index in [2.05, 4.69) is 130 Å². The molecule has 0 bridgehead atoms. The first kappa shape index (κ1) is 69.1. The molecule has 0 amide bonds. The Labute approximate surface area is 450 Å². The van der Waals surface area contributed by atoms with E-state index in [9.17, 15) is 14.4 Å². The zero-order chi connectivity index (χ0) is 52.9. The van der Waals surface area contributed by atoms with Crippen LogP contribution in [0, 0.1) is 0 Å². The lowest BCUT2D eigenvalue weighted by atomic mass is 10.1. The molecule has 0 aliphatic rings. The van der Waals surface area contributed by atoms with Crippen molar-refractivity contribution in [1.82, 2.24) is 0 Å². The first-order valence-corrected chi connectivity index (χ1v) is 30.4. The van der Waals surface area contributed by atoms with E-state index in [1.54, 1.807) is 0 Å². The van der Waals surface area contributed by atoms with E-state index in [1.807, 2.05) is 0 Å². The monoisotopic (exact) mass is 1010 g/mol. The smallest absolute Gasteiger partial charge is 0.306 e. The highest BCUT2D eigenvalue weighted by Crippen LogP contribution is 2.15. The summed E-state index contributed by atoms with van der Waals surface area (Å²) in [4.78, 5) is 38.2. The van der Waals surface area contributed by atoms with Crippen LogP contribution in [0.4, 0.5) is 0 Å². The Hall–Kier alpha value is -3.93. The predicted octanol–water partition coefficient (Wildman–Crippen LogP) is 20.7. The Bertz CT molecular complexity index is 1490. The zero-order valence-corrected chi connectivity index (χ0v) is 47.6. The minimum absolute atomic E-state index is 0.104. The average Bonchev–Trinajstić information content (AvgIpc) is 3.39. The molecule has 0 aromatic carbocycles. The molecule has 0 aliphatic carbocycles. The molecule has 0 rings (SSSR count). The van der Waals surface area contributed by atoms with Gasteiger partial charge in [0.05, 0.1) is 0 Å². The van der Waals surface area contributed by atoms with Crippen LogP contribution in [-0.2, 0) is 28.6 Å². The summed E-state index contributed by atoms with van der Waals surface area (Å²) in [5, 5.41) is 0. The summed E-state index contributed by atoms with van der Waals surface area (Å²) in [6.07, 6.45) is 82.3. The van der Waals surface area contributed by atoms with Crippen LogP contribution in [0.3, 0.4) is 0 Å². The van der Waals surface area contributed by atoms with Crippen molar-refractivity contribution in [3.05, 3.63) is 109 Å². The lowest BCUT2D eigenvalue weighted by Crippen LogP contribution is -2.30. The molecule has 0 fully saturated rings. The summed E-state index contributed by atoms with van der Waals surface area (Å²) >= 11 is 0. The third-order valence-electron chi connectivity index (χ3n) is 12.7. The fourth-order valence-electron chi connectivity index (χ4n) is 8.19. The van der Waals surface area contributed by atoms with Gasteiger partial charge in [0, 0.05) is 19.3 Å². The number of unbranched alkanes of at least 4 members (excludes halogenated alkanes) is 25. The van der Waals surface area contributed by atoms with Crippen LogP contribution < -0.4 is 0 Å². The highest BCUT2D eigenvalue weighted by molar-refractivity contribution is 5.71. The number of allylic oxidation sites excluding steroid dienone is 18. The fraction of sp³-hybridized carbons (Fsp3) is 0.687. The molecule has 6 heteroatoms. The molecule has 416 valence electrons. The molecule has 0 spiro atoms. The highest BCUT2D eigenvalue weighted by atomic mass is 16.6. The Morgan fingerprint density at radius 2 is 0.548 bits per heavy atom. The lowest BCUT2D eigenvalue weighted by Gasteiger charge is -2.18. The van der Waals surface area contributed by atoms with Crippen LogP contribution >= 0.6 is 0 Å². The van der Waals surface area contributed by atoms with E-state index in [1.165, 1.54) is 128 Å². The minimum atomic E-state index is -0.811. The third-order valence-corrected chi connectivity index (χ3v) is 12.7. The van der Waals surface area contributed by atoms with Gasteiger partial charge < -0.3 is 14.2 Å². The maximum atomic E-state index is 12.9. The fourth-order valence-corrected chi connectivity index (χ4v) is 8.19. The SMILES string of the molecule is CC/C=C\C/C=C\C/C=C\C/C=C\C/C=C\CCCC(=O)OCC(COC(=O)CCCCCCCC/C=C\C/C=C\C/C=C\CCCCC)OC(=O)CCCCCCCCCCC/C=C\CCCCCCCC. The van der Waals surface area contributed by atoms with Crippen LogP contribution in [0.2, 0.25) is 0 Å². The lowest BCUT2D eigenvalue weighted by molar-refractivity contribution is -0.167. The topological polar surface area (TPSA) is 78.9 Å². The summed E-state index contributed by atoms with van der Waals surface area (Å²) in [5.74, 6) is -0.974. The van der Waals surface area contributed by atoms with Crippen LogP contribution in [-0.4, -0.2) is 37.2 Å². The van der Waals surface area contributed by atoms with Crippen molar-refractivity contribution in [3.63, 3.8) is 0 Å². The van der Waals surface area contributed by atoms with Gasteiger partial charge in [0.15, 0.2) is 6.10 Å². The molecule has 0 aliphatic heterocycles. The van der Waals surface area contributed by atoms with Gasteiger partial charge >= 0.3 is 17.9 Å². The van der Waals surface area contributed by atoms with Gasteiger partial charge in [-0.2, -0.15) is 0 Å². The van der Waals surface area contributed by atoms with Crippen molar-refractivity contribution in [2.75, 3.05) is 13.2 Å². The third kappa shape index (κ3) is 58.8. The Morgan fingerprint density at radius 3 is 0.932 bits per heavy atom. The van der Waals surface area contributed by atoms with Gasteiger partial charge in [-0.25, -0.2) is 0 Å². The largest absolute Gasteiger partial charge is 0.462 e. The molecule has 1 atom stereocenters. The number of esters is 3. The number of hydrogen-bond donors (Lipinski definition) is 0. The summed E-state index contributed by atoms with van der Waals surface area (Å²) in [6, 6.07) is 0. The number of carbonyl (C=O) groups excluding carboxylic acids is 3. The van der Waals surface area contributed by atoms with Crippen LogP contribution in [0.5, 0.6) is 0 Å². The second kappa shape index (κ2) is 60.6. The molecule has 1 unspecified atom stereocenters. The summed E-state index contributed by atoms with van der Waals surface area (Å²) in [7, 11) is 0. The molecule has 73 heavy (non-hydrogen) atoms. The molecule has 0 saturated heterocycles. The summed E-state index contributed by atoms with van der Waals surface area (Å²) in [5.41, 5.74) is 0. The minimum Gasteiger partial charge on any atom is -0.462 e. The van der Waals surface area contributed by atoms with Crippen molar-refractivity contribution in [2.45, 2.75) is 284 Å². The van der Waals surface area contributed by atoms with Gasteiger partial charge in [0.1, 0.15) is 13.2 Å². The summed E-state index contributed by atoms with van der Waals surface area (Å²) in [6.45, 7) is 6.45. The van der Waals surface area contributed by atoms with E-state index in [-0.39, 0.29) is 37.5 Å². The predicted molar refractivity (Wildman–Crippen MR) is 316 cm³/mol. The van der Waals surface area contributed by atoms with Crippen molar-refractivity contribution < 1.29 is 28.6 Å². The van der Waals surface area contributed by atoms with E-state index < -0.39 is 6.10 Å². The van der Waals surface area contributed by atoms with Crippen molar-refractivity contribution in [1.29, 1.82) is 0 Å². The Kier molecular flexibility index (Phi) is 57.4. The van der Waals surface area contributed by atoms with Gasteiger partial charge in [0.25, 0.3) is 0 Å².